The number of nitrogens with zero attached hydrogens (tertiary/aromatic N) is 2. The summed E-state index contributed by atoms with van der Waals surface area (Å²) in [6, 6.07) is 13.7. The Balaban J connectivity index is 1.60. The van der Waals surface area contributed by atoms with Gasteiger partial charge in [-0.05, 0) is 71.7 Å². The molecule has 2 aromatic carbocycles. The number of furan rings is 1. The molecule has 206 valence electrons. The van der Waals surface area contributed by atoms with E-state index in [2.05, 4.69) is 20.9 Å². The van der Waals surface area contributed by atoms with Gasteiger partial charge in [0.1, 0.15) is 11.5 Å². The molecule has 0 saturated carbocycles. The number of carbonyl (C=O) groups is 1. The quantitative estimate of drug-likeness (QED) is 0.236. The first kappa shape index (κ1) is 27.9. The molecule has 0 saturated heterocycles. The zero-order chi connectivity index (χ0) is 28.4. The largest absolute Gasteiger partial charge is 0.490 e. The fourth-order valence-corrected chi connectivity index (χ4v) is 5.73. The highest BCUT2D eigenvalue weighted by Crippen LogP contribution is 2.35. The number of carbonyl (C=O) groups excluding carboxylic acids is 1. The van der Waals surface area contributed by atoms with Crippen LogP contribution in [0.25, 0.3) is 17.4 Å². The summed E-state index contributed by atoms with van der Waals surface area (Å²) in [6.07, 6.45) is 3.11. The number of ether oxygens (including phenoxy) is 3. The van der Waals surface area contributed by atoms with Crippen molar-refractivity contribution in [2.75, 3.05) is 20.3 Å². The molecule has 2 aromatic heterocycles. The third-order valence-corrected chi connectivity index (χ3v) is 8.34. The van der Waals surface area contributed by atoms with Crippen LogP contribution in [0.4, 0.5) is 0 Å². The third kappa shape index (κ3) is 5.39. The molecule has 40 heavy (non-hydrogen) atoms. The van der Waals surface area contributed by atoms with Crippen LogP contribution in [-0.2, 0) is 9.53 Å². The molecule has 0 aliphatic carbocycles. The summed E-state index contributed by atoms with van der Waals surface area (Å²) >= 11 is 10.8. The molecule has 5 rings (SSSR count). The van der Waals surface area contributed by atoms with Gasteiger partial charge in [-0.2, -0.15) is 0 Å². The number of benzene rings is 2. The number of thiazole rings is 1. The van der Waals surface area contributed by atoms with E-state index in [1.54, 1.807) is 36.4 Å². The molecule has 0 fully saturated rings. The maximum atomic E-state index is 13.8. The van der Waals surface area contributed by atoms with Gasteiger partial charge in [0.25, 0.3) is 5.56 Å². The zero-order valence-corrected chi connectivity index (χ0v) is 24.9. The normalized spacial score (nSPS) is 14.8. The first-order valence-electron chi connectivity index (χ1n) is 12.4. The van der Waals surface area contributed by atoms with Crippen LogP contribution in [0.3, 0.4) is 0 Å². The van der Waals surface area contributed by atoms with E-state index in [-0.39, 0.29) is 11.1 Å². The molecular weight excluding hydrogens is 620 g/mol. The highest BCUT2D eigenvalue weighted by atomic mass is 79.9. The van der Waals surface area contributed by atoms with Crippen molar-refractivity contribution in [3.8, 4) is 22.8 Å². The van der Waals surface area contributed by atoms with Gasteiger partial charge in [-0.3, -0.25) is 9.36 Å². The van der Waals surface area contributed by atoms with Gasteiger partial charge in [-0.15, -0.1) is 0 Å². The maximum absolute atomic E-state index is 13.8. The molecule has 0 spiro atoms. The number of fused-ring (bicyclic) bond motifs is 1. The molecule has 1 aliphatic heterocycles. The summed E-state index contributed by atoms with van der Waals surface area (Å²) in [4.78, 5) is 31.4. The topological polar surface area (TPSA) is 92.3 Å². The van der Waals surface area contributed by atoms with E-state index >= 15 is 0 Å². The Bertz CT molecular complexity index is 1810. The first-order valence-corrected chi connectivity index (χ1v) is 14.4. The Morgan fingerprint density at radius 3 is 2.62 bits per heavy atom. The molecule has 3 heterocycles. The summed E-state index contributed by atoms with van der Waals surface area (Å²) in [5, 5.41) is 0.562. The molecule has 8 nitrogen and oxygen atoms in total. The van der Waals surface area contributed by atoms with Crippen LogP contribution in [0, 0.1) is 0 Å². The van der Waals surface area contributed by atoms with Crippen molar-refractivity contribution >= 4 is 50.9 Å². The van der Waals surface area contributed by atoms with Crippen LogP contribution in [0.15, 0.2) is 79.0 Å². The Kier molecular flexibility index (Phi) is 8.30. The molecule has 0 unspecified atom stereocenters. The minimum absolute atomic E-state index is 0.223. The van der Waals surface area contributed by atoms with E-state index in [4.69, 9.17) is 30.2 Å². The number of aromatic nitrogens is 1. The molecule has 0 amide bonds. The number of halogens is 2. The van der Waals surface area contributed by atoms with Gasteiger partial charge in [0.2, 0.25) is 0 Å². The van der Waals surface area contributed by atoms with Gasteiger partial charge in [0.05, 0.1) is 41.5 Å². The standard InChI is InChI=1S/C29H24BrClN2O6S/c1-4-37-23-10-7-17(13-24(23)38-5-2)26-19(28(35)36-3)15-32-29-33(26)27(34)25(40-29)14-18-8-11-22(39-18)16-6-9-20(30)21(31)12-16/h6-15,26H,4-5H2,1-3H3/b25-14-/t26-/m0/s1. The Morgan fingerprint density at radius 2 is 1.90 bits per heavy atom. The monoisotopic (exact) mass is 642 g/mol. The molecule has 0 bridgehead atoms. The minimum atomic E-state index is -0.780. The van der Waals surface area contributed by atoms with Crippen molar-refractivity contribution in [3.63, 3.8) is 0 Å². The van der Waals surface area contributed by atoms with Crippen LogP contribution < -0.4 is 24.4 Å². The molecule has 1 aliphatic rings. The van der Waals surface area contributed by atoms with Crippen molar-refractivity contribution in [1.82, 2.24) is 4.57 Å². The van der Waals surface area contributed by atoms with E-state index in [9.17, 15) is 9.59 Å². The predicted octanol–water partition coefficient (Wildman–Crippen LogP) is 5.49. The number of rotatable bonds is 8. The van der Waals surface area contributed by atoms with Gasteiger partial charge in [-0.1, -0.05) is 35.1 Å². The fraction of sp³-hybridized carbons (Fsp3) is 0.207. The van der Waals surface area contributed by atoms with Crippen LogP contribution in [0.1, 0.15) is 31.2 Å². The van der Waals surface area contributed by atoms with Crippen molar-refractivity contribution in [3.05, 3.63) is 101 Å². The lowest BCUT2D eigenvalue weighted by Crippen LogP contribution is -2.39. The second kappa shape index (κ2) is 11.9. The zero-order valence-electron chi connectivity index (χ0n) is 21.8. The van der Waals surface area contributed by atoms with Crippen molar-refractivity contribution in [1.29, 1.82) is 0 Å². The Morgan fingerprint density at radius 1 is 1.12 bits per heavy atom. The number of hydrogen-bond acceptors (Lipinski definition) is 8. The number of esters is 1. The summed E-state index contributed by atoms with van der Waals surface area (Å²) in [7, 11) is 1.29. The third-order valence-electron chi connectivity index (χ3n) is 6.11. The second-order valence-corrected chi connectivity index (χ2v) is 10.8. The highest BCUT2D eigenvalue weighted by molar-refractivity contribution is 9.10. The van der Waals surface area contributed by atoms with Gasteiger partial charge < -0.3 is 18.6 Å². The fourth-order valence-electron chi connectivity index (χ4n) is 4.35. The average Bonchev–Trinajstić information content (AvgIpc) is 3.55. The summed E-state index contributed by atoms with van der Waals surface area (Å²) in [5.41, 5.74) is 1.36. The first-order chi connectivity index (χ1) is 19.3. The highest BCUT2D eigenvalue weighted by Gasteiger charge is 2.31. The molecule has 0 radical (unpaired) electrons. The lowest BCUT2D eigenvalue weighted by Gasteiger charge is -2.23. The molecule has 0 N–H and O–H groups in total. The SMILES string of the molecule is CCOc1ccc([C@H]2C(C(=O)OC)=CN=c3s/c(=C\c4ccc(-c5ccc(Br)c(Cl)c5)o4)c(=O)n32)cc1OCC. The molecule has 1 atom stereocenters. The van der Waals surface area contributed by atoms with Crippen LogP contribution in [-0.4, -0.2) is 30.9 Å². The van der Waals surface area contributed by atoms with E-state index in [0.717, 1.165) is 10.0 Å². The Hall–Kier alpha value is -3.60. The summed E-state index contributed by atoms with van der Waals surface area (Å²) in [6.45, 7) is 4.64. The van der Waals surface area contributed by atoms with Crippen molar-refractivity contribution in [2.45, 2.75) is 19.9 Å². The lowest BCUT2D eigenvalue weighted by molar-refractivity contribution is -0.136. The number of hydrogen-bond donors (Lipinski definition) is 0. The van der Waals surface area contributed by atoms with Crippen LogP contribution in [0.5, 0.6) is 11.5 Å². The van der Waals surface area contributed by atoms with Gasteiger partial charge in [-0.25, -0.2) is 9.79 Å². The van der Waals surface area contributed by atoms with Gasteiger partial charge >= 0.3 is 5.97 Å². The number of methoxy groups -OCH3 is 1. The average molecular weight is 644 g/mol. The Labute approximate surface area is 246 Å². The molecule has 11 heteroatoms. The van der Waals surface area contributed by atoms with E-state index in [0.29, 0.717) is 56.2 Å². The van der Waals surface area contributed by atoms with Gasteiger partial charge in [0, 0.05) is 22.3 Å². The van der Waals surface area contributed by atoms with E-state index in [1.165, 1.54) is 29.2 Å². The van der Waals surface area contributed by atoms with Crippen molar-refractivity contribution < 1.29 is 23.4 Å². The second-order valence-electron chi connectivity index (χ2n) is 8.58. The summed E-state index contributed by atoms with van der Waals surface area (Å²) in [5.74, 6) is 1.60. The predicted molar refractivity (Wildman–Crippen MR) is 157 cm³/mol. The smallest absolute Gasteiger partial charge is 0.337 e. The maximum Gasteiger partial charge on any atom is 0.337 e. The van der Waals surface area contributed by atoms with E-state index in [1.807, 2.05) is 32.0 Å². The molecular formula is C29H24BrClN2O6S. The molecule has 4 aromatic rings. The minimum Gasteiger partial charge on any atom is -0.490 e. The van der Waals surface area contributed by atoms with Crippen LogP contribution >= 0.6 is 38.9 Å². The summed E-state index contributed by atoms with van der Waals surface area (Å²) < 4.78 is 25.2. The van der Waals surface area contributed by atoms with Gasteiger partial charge in [0.15, 0.2) is 16.3 Å². The van der Waals surface area contributed by atoms with Crippen LogP contribution in [0.2, 0.25) is 5.02 Å². The van der Waals surface area contributed by atoms with Crippen molar-refractivity contribution in [2.24, 2.45) is 4.99 Å². The lowest BCUT2D eigenvalue weighted by atomic mass is 9.97. The van der Waals surface area contributed by atoms with E-state index < -0.39 is 12.0 Å².